The standard InChI is InChI=1S/C18H29N3O3S/c1-4-5-15(2)19-18(22)17-8-6-16(7-9-17)14-25(23,24)21-12-10-20(3)11-13-21/h6-9,15H,4-5,10-14H2,1-3H3,(H,19,22). The van der Waals surface area contributed by atoms with Crippen LogP contribution in [0.3, 0.4) is 0 Å². The quantitative estimate of drug-likeness (QED) is 0.796. The summed E-state index contributed by atoms with van der Waals surface area (Å²) in [5, 5.41) is 2.95. The molecule has 0 saturated carbocycles. The highest BCUT2D eigenvalue weighted by atomic mass is 32.2. The first-order valence-corrected chi connectivity index (χ1v) is 10.5. The van der Waals surface area contributed by atoms with E-state index >= 15 is 0 Å². The van der Waals surface area contributed by atoms with Crippen LogP contribution in [-0.2, 0) is 15.8 Å². The van der Waals surface area contributed by atoms with Gasteiger partial charge in [-0.15, -0.1) is 0 Å². The number of nitrogens with one attached hydrogen (secondary N) is 1. The van der Waals surface area contributed by atoms with E-state index in [2.05, 4.69) is 17.1 Å². The van der Waals surface area contributed by atoms with E-state index in [1.807, 2.05) is 14.0 Å². The number of amides is 1. The zero-order valence-corrected chi connectivity index (χ0v) is 16.2. The van der Waals surface area contributed by atoms with Crippen LogP contribution >= 0.6 is 0 Å². The van der Waals surface area contributed by atoms with Crippen molar-refractivity contribution in [2.24, 2.45) is 0 Å². The number of sulfonamides is 1. The predicted molar refractivity (Wildman–Crippen MR) is 100.0 cm³/mol. The van der Waals surface area contributed by atoms with Crippen molar-refractivity contribution in [1.29, 1.82) is 0 Å². The van der Waals surface area contributed by atoms with Gasteiger partial charge in [0, 0.05) is 37.8 Å². The fraction of sp³-hybridized carbons (Fsp3) is 0.611. The molecule has 1 heterocycles. The molecule has 0 aliphatic carbocycles. The van der Waals surface area contributed by atoms with Crippen LogP contribution in [-0.4, -0.2) is 62.8 Å². The second-order valence-corrected chi connectivity index (χ2v) is 8.79. The average Bonchev–Trinajstić information content (AvgIpc) is 2.55. The van der Waals surface area contributed by atoms with E-state index < -0.39 is 10.0 Å². The van der Waals surface area contributed by atoms with Gasteiger partial charge in [0.15, 0.2) is 0 Å². The van der Waals surface area contributed by atoms with Gasteiger partial charge in [-0.05, 0) is 38.1 Å². The lowest BCUT2D eigenvalue weighted by atomic mass is 10.1. The summed E-state index contributed by atoms with van der Waals surface area (Å²) in [6, 6.07) is 6.99. The zero-order valence-electron chi connectivity index (χ0n) is 15.4. The number of benzene rings is 1. The fourth-order valence-electron chi connectivity index (χ4n) is 2.93. The third kappa shape index (κ3) is 5.80. The number of carbonyl (C=O) groups excluding carboxylic acids is 1. The van der Waals surface area contributed by atoms with Crippen LogP contribution in [0, 0.1) is 0 Å². The Labute approximate surface area is 151 Å². The van der Waals surface area contributed by atoms with Crippen molar-refractivity contribution >= 4 is 15.9 Å². The highest BCUT2D eigenvalue weighted by molar-refractivity contribution is 7.88. The van der Waals surface area contributed by atoms with Crippen LogP contribution in [0.2, 0.25) is 0 Å². The van der Waals surface area contributed by atoms with Crippen LogP contribution in [0.5, 0.6) is 0 Å². The van der Waals surface area contributed by atoms with Crippen molar-refractivity contribution in [2.45, 2.75) is 38.5 Å². The molecule has 1 amide bonds. The normalized spacial score (nSPS) is 18.0. The maximum atomic E-state index is 12.5. The minimum absolute atomic E-state index is 0.0230. The molecule has 2 rings (SSSR count). The lowest BCUT2D eigenvalue weighted by Gasteiger charge is -2.31. The third-order valence-corrected chi connectivity index (χ3v) is 6.37. The van der Waals surface area contributed by atoms with Gasteiger partial charge in [-0.25, -0.2) is 8.42 Å². The number of rotatable bonds is 7. The summed E-state index contributed by atoms with van der Waals surface area (Å²) in [7, 11) is -1.32. The fourth-order valence-corrected chi connectivity index (χ4v) is 4.45. The second kappa shape index (κ2) is 8.78. The molecular weight excluding hydrogens is 338 g/mol. The Hall–Kier alpha value is -1.44. The SMILES string of the molecule is CCCC(C)NC(=O)c1ccc(CS(=O)(=O)N2CCN(C)CC2)cc1. The van der Waals surface area contributed by atoms with E-state index in [0.29, 0.717) is 24.2 Å². The molecule has 0 aromatic heterocycles. The van der Waals surface area contributed by atoms with Crippen molar-refractivity contribution in [3.05, 3.63) is 35.4 Å². The van der Waals surface area contributed by atoms with Crippen LogP contribution in [0.1, 0.15) is 42.6 Å². The highest BCUT2D eigenvalue weighted by Crippen LogP contribution is 2.14. The summed E-state index contributed by atoms with van der Waals surface area (Å²) in [5.41, 5.74) is 1.26. The van der Waals surface area contributed by atoms with Crippen molar-refractivity contribution in [3.8, 4) is 0 Å². The summed E-state index contributed by atoms with van der Waals surface area (Å²) in [5.74, 6) is -0.139. The van der Waals surface area contributed by atoms with Gasteiger partial charge >= 0.3 is 0 Å². The van der Waals surface area contributed by atoms with E-state index in [0.717, 1.165) is 25.9 Å². The first-order chi connectivity index (χ1) is 11.8. The Morgan fingerprint density at radius 2 is 1.76 bits per heavy atom. The molecule has 140 valence electrons. The summed E-state index contributed by atoms with van der Waals surface area (Å²) in [4.78, 5) is 14.3. The topological polar surface area (TPSA) is 69.7 Å². The molecule has 1 aliphatic rings. The monoisotopic (exact) mass is 367 g/mol. The van der Waals surface area contributed by atoms with Crippen LogP contribution in [0.15, 0.2) is 24.3 Å². The predicted octanol–water partition coefficient (Wildman–Crippen LogP) is 1.68. The second-order valence-electron chi connectivity index (χ2n) is 6.82. The molecule has 1 fully saturated rings. The van der Waals surface area contributed by atoms with E-state index in [9.17, 15) is 13.2 Å². The molecule has 0 bridgehead atoms. The molecule has 1 atom stereocenters. The van der Waals surface area contributed by atoms with Gasteiger partial charge in [-0.2, -0.15) is 4.31 Å². The van der Waals surface area contributed by atoms with Crippen LogP contribution in [0.4, 0.5) is 0 Å². The number of hydrogen-bond acceptors (Lipinski definition) is 4. The summed E-state index contributed by atoms with van der Waals surface area (Å²) < 4.78 is 26.6. The van der Waals surface area contributed by atoms with Crippen LogP contribution < -0.4 is 5.32 Å². The molecule has 0 spiro atoms. The van der Waals surface area contributed by atoms with Crippen LogP contribution in [0.25, 0.3) is 0 Å². The van der Waals surface area contributed by atoms with Crippen molar-refractivity contribution in [1.82, 2.24) is 14.5 Å². The maximum Gasteiger partial charge on any atom is 0.251 e. The average molecular weight is 368 g/mol. The van der Waals surface area contributed by atoms with Gasteiger partial charge in [0.1, 0.15) is 0 Å². The largest absolute Gasteiger partial charge is 0.350 e. The highest BCUT2D eigenvalue weighted by Gasteiger charge is 2.25. The Morgan fingerprint density at radius 3 is 2.32 bits per heavy atom. The maximum absolute atomic E-state index is 12.5. The summed E-state index contributed by atoms with van der Waals surface area (Å²) in [6.07, 6.45) is 1.96. The summed E-state index contributed by atoms with van der Waals surface area (Å²) >= 11 is 0. The minimum Gasteiger partial charge on any atom is -0.350 e. The Morgan fingerprint density at radius 1 is 1.16 bits per heavy atom. The van der Waals surface area contributed by atoms with Gasteiger partial charge in [-0.3, -0.25) is 4.79 Å². The summed E-state index contributed by atoms with van der Waals surface area (Å²) in [6.45, 7) is 6.66. The van der Waals surface area contributed by atoms with E-state index in [4.69, 9.17) is 0 Å². The molecule has 1 N–H and O–H groups in total. The number of likely N-dealkylation sites (N-methyl/N-ethyl adjacent to an activating group) is 1. The first kappa shape index (κ1) is 19.9. The number of hydrogen-bond donors (Lipinski definition) is 1. The molecule has 1 unspecified atom stereocenters. The van der Waals surface area contributed by atoms with Gasteiger partial charge in [0.2, 0.25) is 10.0 Å². The first-order valence-electron chi connectivity index (χ1n) is 8.88. The molecule has 1 aromatic rings. The number of carbonyl (C=O) groups is 1. The van der Waals surface area contributed by atoms with Gasteiger partial charge in [0.25, 0.3) is 5.91 Å². The lowest BCUT2D eigenvalue weighted by Crippen LogP contribution is -2.47. The molecule has 25 heavy (non-hydrogen) atoms. The Balaban J connectivity index is 1.96. The molecule has 1 saturated heterocycles. The smallest absolute Gasteiger partial charge is 0.251 e. The van der Waals surface area contributed by atoms with Crippen molar-refractivity contribution in [2.75, 3.05) is 33.2 Å². The zero-order chi connectivity index (χ0) is 18.4. The Kier molecular flexibility index (Phi) is 6.98. The third-order valence-electron chi connectivity index (χ3n) is 4.52. The number of piperazine rings is 1. The lowest BCUT2D eigenvalue weighted by molar-refractivity contribution is 0.0938. The molecule has 6 nitrogen and oxygen atoms in total. The van der Waals surface area contributed by atoms with E-state index in [1.165, 1.54) is 0 Å². The minimum atomic E-state index is -3.31. The van der Waals surface area contributed by atoms with Gasteiger partial charge in [-0.1, -0.05) is 25.5 Å². The van der Waals surface area contributed by atoms with Crippen molar-refractivity contribution in [3.63, 3.8) is 0 Å². The number of nitrogens with zero attached hydrogens (tertiary/aromatic N) is 2. The van der Waals surface area contributed by atoms with E-state index in [-0.39, 0.29) is 17.7 Å². The molecule has 0 radical (unpaired) electrons. The molecule has 1 aromatic carbocycles. The Bertz CT molecular complexity index is 665. The molecular formula is C18H29N3O3S. The molecule has 1 aliphatic heterocycles. The van der Waals surface area contributed by atoms with Crippen molar-refractivity contribution < 1.29 is 13.2 Å². The van der Waals surface area contributed by atoms with Gasteiger partial charge in [0.05, 0.1) is 5.75 Å². The molecule has 7 heteroatoms. The van der Waals surface area contributed by atoms with E-state index in [1.54, 1.807) is 28.6 Å². The van der Waals surface area contributed by atoms with Gasteiger partial charge < -0.3 is 10.2 Å².